The molecule has 94 valence electrons. The van der Waals surface area contributed by atoms with Crippen LogP contribution in [-0.2, 0) is 0 Å². The van der Waals surface area contributed by atoms with Gasteiger partial charge >= 0.3 is 0 Å². The minimum absolute atomic E-state index is 0.414. The molecule has 0 spiro atoms. The summed E-state index contributed by atoms with van der Waals surface area (Å²) in [5.41, 5.74) is 8.75. The zero-order valence-corrected chi connectivity index (χ0v) is 11.3. The van der Waals surface area contributed by atoms with Gasteiger partial charge in [0.15, 0.2) is 0 Å². The van der Waals surface area contributed by atoms with Crippen molar-refractivity contribution in [1.82, 2.24) is 4.98 Å². The number of para-hydroxylation sites is 1. The molecule has 2 N–H and O–H groups in total. The summed E-state index contributed by atoms with van der Waals surface area (Å²) in [6.45, 7) is 4.95. The van der Waals surface area contributed by atoms with Gasteiger partial charge in [-0.2, -0.15) is 0 Å². The Balaban J connectivity index is 2.48. The van der Waals surface area contributed by atoms with Gasteiger partial charge in [0.25, 0.3) is 0 Å². The monoisotopic (exact) mass is 261 g/mol. The summed E-state index contributed by atoms with van der Waals surface area (Å²) in [5, 5.41) is 0.414. The van der Waals surface area contributed by atoms with Crippen LogP contribution in [-0.4, -0.2) is 11.5 Å². The molecule has 0 aliphatic rings. The van der Waals surface area contributed by atoms with E-state index >= 15 is 0 Å². The van der Waals surface area contributed by atoms with Crippen molar-refractivity contribution in [1.29, 1.82) is 0 Å². The van der Waals surface area contributed by atoms with Crippen molar-refractivity contribution in [3.05, 3.63) is 47.1 Å². The smallest absolute Gasteiger partial charge is 0.136 e. The lowest BCUT2D eigenvalue weighted by Gasteiger charge is -2.24. The van der Waals surface area contributed by atoms with Crippen LogP contribution in [0.2, 0.25) is 5.15 Å². The summed E-state index contributed by atoms with van der Waals surface area (Å²) < 4.78 is 0. The van der Waals surface area contributed by atoms with Crippen LogP contribution in [0, 0.1) is 6.92 Å². The van der Waals surface area contributed by atoms with Crippen LogP contribution < -0.4 is 10.6 Å². The first-order valence-corrected chi connectivity index (χ1v) is 6.26. The number of nitrogen functional groups attached to an aromatic ring is 1. The van der Waals surface area contributed by atoms with E-state index < -0.39 is 0 Å². The number of rotatable bonds is 3. The average molecular weight is 262 g/mol. The molecule has 0 aliphatic heterocycles. The fraction of sp³-hybridized carbons (Fsp3) is 0.214. The topological polar surface area (TPSA) is 42.1 Å². The standard InChI is InChI=1S/C14H16ClN3/c1-3-18(12-7-5-4-6-10(12)2)14-9-11(16)8-13(15)17-14/h4-9H,3H2,1-2H3,(H2,16,17). The highest BCUT2D eigenvalue weighted by molar-refractivity contribution is 6.29. The van der Waals surface area contributed by atoms with E-state index in [2.05, 4.69) is 35.9 Å². The van der Waals surface area contributed by atoms with Gasteiger partial charge in [0.2, 0.25) is 0 Å². The van der Waals surface area contributed by atoms with E-state index in [9.17, 15) is 0 Å². The molecule has 0 saturated heterocycles. The highest BCUT2D eigenvalue weighted by atomic mass is 35.5. The molecule has 0 amide bonds. The molecule has 2 aromatic rings. The minimum Gasteiger partial charge on any atom is -0.399 e. The maximum Gasteiger partial charge on any atom is 0.136 e. The Kier molecular flexibility index (Phi) is 3.72. The molecule has 2 rings (SSSR count). The van der Waals surface area contributed by atoms with E-state index in [1.54, 1.807) is 6.07 Å². The molecule has 18 heavy (non-hydrogen) atoms. The average Bonchev–Trinajstić information content (AvgIpc) is 2.31. The summed E-state index contributed by atoms with van der Waals surface area (Å²) in [7, 11) is 0. The Morgan fingerprint density at radius 2 is 2.00 bits per heavy atom. The van der Waals surface area contributed by atoms with Gasteiger partial charge in [0.1, 0.15) is 11.0 Å². The lowest BCUT2D eigenvalue weighted by atomic mass is 10.2. The Hall–Kier alpha value is -1.74. The number of nitrogens with zero attached hydrogens (tertiary/aromatic N) is 2. The van der Waals surface area contributed by atoms with Gasteiger partial charge in [-0.1, -0.05) is 29.8 Å². The molecule has 3 nitrogen and oxygen atoms in total. The number of pyridine rings is 1. The van der Waals surface area contributed by atoms with Crippen LogP contribution in [0.3, 0.4) is 0 Å². The van der Waals surface area contributed by atoms with Crippen molar-refractivity contribution in [2.45, 2.75) is 13.8 Å². The first kappa shape index (κ1) is 12.7. The Morgan fingerprint density at radius 3 is 2.61 bits per heavy atom. The minimum atomic E-state index is 0.414. The molecule has 0 atom stereocenters. The van der Waals surface area contributed by atoms with Crippen molar-refractivity contribution in [2.75, 3.05) is 17.2 Å². The summed E-state index contributed by atoms with van der Waals surface area (Å²) >= 11 is 5.96. The molecule has 0 radical (unpaired) electrons. The highest BCUT2D eigenvalue weighted by Crippen LogP contribution is 2.28. The summed E-state index contributed by atoms with van der Waals surface area (Å²) in [6, 6.07) is 11.7. The Labute approximate surface area is 112 Å². The van der Waals surface area contributed by atoms with E-state index in [0.29, 0.717) is 10.8 Å². The fourth-order valence-corrected chi connectivity index (χ4v) is 2.18. The molecule has 1 aromatic heterocycles. The van der Waals surface area contributed by atoms with Crippen molar-refractivity contribution in [3.63, 3.8) is 0 Å². The van der Waals surface area contributed by atoms with Crippen molar-refractivity contribution < 1.29 is 0 Å². The van der Waals surface area contributed by atoms with E-state index in [1.807, 2.05) is 18.2 Å². The predicted molar refractivity (Wildman–Crippen MR) is 77.5 cm³/mol. The molecule has 1 heterocycles. The number of halogens is 1. The SMILES string of the molecule is CCN(c1cc(N)cc(Cl)n1)c1ccccc1C. The molecular formula is C14H16ClN3. The number of nitrogens with two attached hydrogens (primary N) is 1. The van der Waals surface area contributed by atoms with Gasteiger partial charge in [-0.3, -0.25) is 0 Å². The quantitative estimate of drug-likeness (QED) is 0.855. The van der Waals surface area contributed by atoms with Crippen LogP contribution >= 0.6 is 11.6 Å². The van der Waals surface area contributed by atoms with Crippen LogP contribution in [0.5, 0.6) is 0 Å². The maximum absolute atomic E-state index is 5.96. The van der Waals surface area contributed by atoms with Gasteiger partial charge in [0, 0.05) is 24.0 Å². The Bertz CT molecular complexity index is 534. The molecule has 0 aliphatic carbocycles. The lowest BCUT2D eigenvalue weighted by molar-refractivity contribution is 0.984. The van der Waals surface area contributed by atoms with Crippen LogP contribution in [0.1, 0.15) is 12.5 Å². The summed E-state index contributed by atoms with van der Waals surface area (Å²) in [4.78, 5) is 6.43. The Morgan fingerprint density at radius 1 is 1.28 bits per heavy atom. The third kappa shape index (κ3) is 2.57. The molecule has 0 saturated carbocycles. The predicted octanol–water partition coefficient (Wildman–Crippen LogP) is 3.78. The first-order valence-electron chi connectivity index (χ1n) is 5.88. The van der Waals surface area contributed by atoms with E-state index in [-0.39, 0.29) is 0 Å². The fourth-order valence-electron chi connectivity index (χ4n) is 1.96. The van der Waals surface area contributed by atoms with Crippen molar-refractivity contribution in [3.8, 4) is 0 Å². The number of anilines is 3. The molecule has 0 bridgehead atoms. The van der Waals surface area contributed by atoms with E-state index in [1.165, 1.54) is 5.56 Å². The third-order valence-electron chi connectivity index (χ3n) is 2.80. The molecule has 4 heteroatoms. The van der Waals surface area contributed by atoms with Crippen molar-refractivity contribution >= 4 is 28.8 Å². The zero-order valence-electron chi connectivity index (χ0n) is 10.5. The zero-order chi connectivity index (χ0) is 13.1. The van der Waals surface area contributed by atoms with E-state index in [4.69, 9.17) is 17.3 Å². The van der Waals surface area contributed by atoms with Gasteiger partial charge < -0.3 is 10.6 Å². The van der Waals surface area contributed by atoms with Crippen LogP contribution in [0.15, 0.2) is 36.4 Å². The molecule has 1 aromatic carbocycles. The largest absolute Gasteiger partial charge is 0.399 e. The third-order valence-corrected chi connectivity index (χ3v) is 3.00. The number of benzene rings is 1. The summed E-state index contributed by atoms with van der Waals surface area (Å²) in [6.07, 6.45) is 0. The maximum atomic E-state index is 5.96. The van der Waals surface area contributed by atoms with Crippen LogP contribution in [0.4, 0.5) is 17.2 Å². The van der Waals surface area contributed by atoms with Gasteiger partial charge in [-0.25, -0.2) is 4.98 Å². The number of hydrogen-bond acceptors (Lipinski definition) is 3. The molecular weight excluding hydrogens is 246 g/mol. The van der Waals surface area contributed by atoms with Gasteiger partial charge in [-0.05, 0) is 31.5 Å². The first-order chi connectivity index (χ1) is 8.61. The highest BCUT2D eigenvalue weighted by Gasteiger charge is 2.11. The number of aromatic nitrogens is 1. The second-order valence-electron chi connectivity index (χ2n) is 4.11. The van der Waals surface area contributed by atoms with Gasteiger partial charge in [0.05, 0.1) is 0 Å². The number of aryl methyl sites for hydroxylation is 1. The molecule has 0 unspecified atom stereocenters. The van der Waals surface area contributed by atoms with E-state index in [0.717, 1.165) is 18.1 Å². The second-order valence-corrected chi connectivity index (χ2v) is 4.50. The number of hydrogen-bond donors (Lipinski definition) is 1. The lowest BCUT2D eigenvalue weighted by Crippen LogP contribution is -2.18. The van der Waals surface area contributed by atoms with Crippen molar-refractivity contribution in [2.24, 2.45) is 0 Å². The van der Waals surface area contributed by atoms with Crippen LogP contribution in [0.25, 0.3) is 0 Å². The summed E-state index contributed by atoms with van der Waals surface area (Å²) in [5.74, 6) is 0.775. The second kappa shape index (κ2) is 5.27. The van der Waals surface area contributed by atoms with Gasteiger partial charge in [-0.15, -0.1) is 0 Å². The normalized spacial score (nSPS) is 10.4. The molecule has 0 fully saturated rings.